The SMILES string of the molecule is CC(CN)C(=O)Nc1ccccc1CN(C)C(=O)c1cccs1. The number of hydrogen-bond acceptors (Lipinski definition) is 4. The van der Waals surface area contributed by atoms with Crippen molar-refractivity contribution >= 4 is 28.8 Å². The molecule has 0 aliphatic rings. The summed E-state index contributed by atoms with van der Waals surface area (Å²) in [6, 6.07) is 11.1. The Hall–Kier alpha value is -2.18. The predicted octanol–water partition coefficient (Wildman–Crippen LogP) is 2.55. The highest BCUT2D eigenvalue weighted by molar-refractivity contribution is 7.12. The largest absolute Gasteiger partial charge is 0.337 e. The first-order valence-electron chi connectivity index (χ1n) is 7.40. The average Bonchev–Trinajstić information content (AvgIpc) is 3.09. The summed E-state index contributed by atoms with van der Waals surface area (Å²) in [6.07, 6.45) is 0. The van der Waals surface area contributed by atoms with Crippen molar-refractivity contribution in [2.24, 2.45) is 11.7 Å². The number of amides is 2. The van der Waals surface area contributed by atoms with Crippen LogP contribution in [0.25, 0.3) is 0 Å². The fraction of sp³-hybridized carbons (Fsp3) is 0.294. The van der Waals surface area contributed by atoms with Gasteiger partial charge in [0.05, 0.1) is 4.88 Å². The third-order valence-electron chi connectivity index (χ3n) is 3.56. The van der Waals surface area contributed by atoms with Gasteiger partial charge >= 0.3 is 0 Å². The highest BCUT2D eigenvalue weighted by Crippen LogP contribution is 2.19. The average molecular weight is 331 g/mol. The molecule has 0 aliphatic carbocycles. The predicted molar refractivity (Wildman–Crippen MR) is 93.4 cm³/mol. The fourth-order valence-corrected chi connectivity index (χ4v) is 2.78. The number of benzene rings is 1. The molecule has 1 aromatic carbocycles. The highest BCUT2D eigenvalue weighted by atomic mass is 32.1. The number of carbonyl (C=O) groups excluding carboxylic acids is 2. The van der Waals surface area contributed by atoms with Gasteiger partial charge in [-0.15, -0.1) is 11.3 Å². The lowest BCUT2D eigenvalue weighted by atomic mass is 10.1. The maximum Gasteiger partial charge on any atom is 0.263 e. The van der Waals surface area contributed by atoms with Crippen LogP contribution in [0.1, 0.15) is 22.2 Å². The number of nitrogens with zero attached hydrogens (tertiary/aromatic N) is 1. The molecular weight excluding hydrogens is 310 g/mol. The molecule has 3 N–H and O–H groups in total. The second-order valence-corrected chi connectivity index (χ2v) is 6.37. The Bertz CT molecular complexity index is 670. The smallest absolute Gasteiger partial charge is 0.263 e. The third kappa shape index (κ3) is 4.40. The van der Waals surface area contributed by atoms with E-state index in [9.17, 15) is 9.59 Å². The first-order chi connectivity index (χ1) is 11.0. The highest BCUT2D eigenvalue weighted by Gasteiger charge is 2.16. The maximum atomic E-state index is 12.3. The van der Waals surface area contributed by atoms with Gasteiger partial charge in [-0.25, -0.2) is 0 Å². The van der Waals surface area contributed by atoms with E-state index < -0.39 is 0 Å². The topological polar surface area (TPSA) is 75.4 Å². The number of carbonyl (C=O) groups is 2. The van der Waals surface area contributed by atoms with Crippen LogP contribution in [0.2, 0.25) is 0 Å². The van der Waals surface area contributed by atoms with E-state index in [0.29, 0.717) is 23.7 Å². The van der Waals surface area contributed by atoms with Crippen LogP contribution < -0.4 is 11.1 Å². The minimum Gasteiger partial charge on any atom is -0.337 e. The molecule has 0 spiro atoms. The molecule has 1 unspecified atom stereocenters. The van der Waals surface area contributed by atoms with Crippen LogP contribution in [0, 0.1) is 5.92 Å². The molecule has 1 aromatic heterocycles. The molecule has 6 heteroatoms. The van der Waals surface area contributed by atoms with Gasteiger partial charge in [0.1, 0.15) is 0 Å². The lowest BCUT2D eigenvalue weighted by Crippen LogP contribution is -2.28. The monoisotopic (exact) mass is 331 g/mol. The molecule has 0 saturated heterocycles. The quantitative estimate of drug-likeness (QED) is 0.854. The van der Waals surface area contributed by atoms with E-state index in [4.69, 9.17) is 5.73 Å². The zero-order chi connectivity index (χ0) is 16.8. The molecule has 0 aliphatic heterocycles. The van der Waals surface area contributed by atoms with Crippen molar-refractivity contribution in [3.8, 4) is 0 Å². The van der Waals surface area contributed by atoms with Crippen LogP contribution in [0.3, 0.4) is 0 Å². The van der Waals surface area contributed by atoms with Gasteiger partial charge in [-0.2, -0.15) is 0 Å². The van der Waals surface area contributed by atoms with Crippen molar-refractivity contribution in [1.29, 1.82) is 0 Å². The van der Waals surface area contributed by atoms with Gasteiger partial charge in [-0.1, -0.05) is 31.2 Å². The second kappa shape index (κ2) is 7.89. The van der Waals surface area contributed by atoms with Gasteiger partial charge in [0.2, 0.25) is 5.91 Å². The molecule has 0 radical (unpaired) electrons. The van der Waals surface area contributed by atoms with E-state index in [2.05, 4.69) is 5.32 Å². The van der Waals surface area contributed by atoms with Crippen molar-refractivity contribution < 1.29 is 9.59 Å². The Morgan fingerprint density at radius 3 is 2.65 bits per heavy atom. The zero-order valence-electron chi connectivity index (χ0n) is 13.3. The van der Waals surface area contributed by atoms with E-state index >= 15 is 0 Å². The van der Waals surface area contributed by atoms with E-state index in [0.717, 1.165) is 5.56 Å². The molecule has 2 amide bonds. The van der Waals surface area contributed by atoms with Gasteiger partial charge < -0.3 is 16.0 Å². The summed E-state index contributed by atoms with van der Waals surface area (Å²) in [5.41, 5.74) is 7.12. The van der Waals surface area contributed by atoms with E-state index in [-0.39, 0.29) is 17.7 Å². The van der Waals surface area contributed by atoms with E-state index in [1.165, 1.54) is 11.3 Å². The molecule has 2 rings (SSSR count). The Morgan fingerprint density at radius 2 is 2.00 bits per heavy atom. The van der Waals surface area contributed by atoms with Crippen LogP contribution in [0.15, 0.2) is 41.8 Å². The summed E-state index contributed by atoms with van der Waals surface area (Å²) in [6.45, 7) is 2.50. The van der Waals surface area contributed by atoms with Crippen LogP contribution in [0.4, 0.5) is 5.69 Å². The first kappa shape index (κ1) is 17.2. The molecule has 5 nitrogen and oxygen atoms in total. The first-order valence-corrected chi connectivity index (χ1v) is 8.28. The van der Waals surface area contributed by atoms with Crippen molar-refractivity contribution in [3.63, 3.8) is 0 Å². The molecule has 0 saturated carbocycles. The second-order valence-electron chi connectivity index (χ2n) is 5.42. The number of hydrogen-bond donors (Lipinski definition) is 2. The fourth-order valence-electron chi connectivity index (χ4n) is 2.06. The summed E-state index contributed by atoms with van der Waals surface area (Å²) in [7, 11) is 1.75. The number of para-hydroxylation sites is 1. The Kier molecular flexibility index (Phi) is 5.90. The van der Waals surface area contributed by atoms with Crippen LogP contribution in [-0.4, -0.2) is 30.3 Å². The molecule has 0 bridgehead atoms. The third-order valence-corrected chi connectivity index (χ3v) is 4.42. The van der Waals surface area contributed by atoms with Crippen molar-refractivity contribution in [3.05, 3.63) is 52.2 Å². The summed E-state index contributed by atoms with van der Waals surface area (Å²) in [5, 5.41) is 4.76. The molecular formula is C17H21N3O2S. The lowest BCUT2D eigenvalue weighted by Gasteiger charge is -2.19. The van der Waals surface area contributed by atoms with Crippen molar-refractivity contribution in [2.45, 2.75) is 13.5 Å². The summed E-state index contributed by atoms with van der Waals surface area (Å²) in [4.78, 5) is 26.7. The number of thiophene rings is 1. The molecule has 1 heterocycles. The number of anilines is 1. The zero-order valence-corrected chi connectivity index (χ0v) is 14.1. The summed E-state index contributed by atoms with van der Waals surface area (Å²) < 4.78 is 0. The summed E-state index contributed by atoms with van der Waals surface area (Å²) in [5.74, 6) is -0.405. The van der Waals surface area contributed by atoms with Crippen LogP contribution in [0.5, 0.6) is 0 Å². The Balaban J connectivity index is 2.11. The minimum atomic E-state index is -0.256. The molecule has 23 heavy (non-hydrogen) atoms. The van der Waals surface area contributed by atoms with Gasteiger partial charge in [0.15, 0.2) is 0 Å². The minimum absolute atomic E-state index is 0.0311. The van der Waals surface area contributed by atoms with E-state index in [1.54, 1.807) is 24.9 Å². The molecule has 1 atom stereocenters. The van der Waals surface area contributed by atoms with Crippen LogP contribution >= 0.6 is 11.3 Å². The van der Waals surface area contributed by atoms with Gasteiger partial charge in [-0.3, -0.25) is 9.59 Å². The molecule has 0 fully saturated rings. The van der Waals surface area contributed by atoms with Gasteiger partial charge in [0.25, 0.3) is 5.91 Å². The van der Waals surface area contributed by atoms with Crippen LogP contribution in [-0.2, 0) is 11.3 Å². The number of nitrogens with one attached hydrogen (secondary N) is 1. The standard InChI is InChI=1S/C17H21N3O2S/c1-12(10-18)16(21)19-14-7-4-3-6-13(14)11-20(2)17(22)15-8-5-9-23-15/h3-9,12H,10-11,18H2,1-2H3,(H,19,21). The normalized spacial score (nSPS) is 11.8. The van der Waals surface area contributed by atoms with Crippen molar-refractivity contribution in [1.82, 2.24) is 4.90 Å². The molecule has 2 aromatic rings. The Morgan fingerprint density at radius 1 is 1.26 bits per heavy atom. The van der Waals surface area contributed by atoms with Gasteiger partial charge in [-0.05, 0) is 23.1 Å². The van der Waals surface area contributed by atoms with E-state index in [1.807, 2.05) is 35.7 Å². The summed E-state index contributed by atoms with van der Waals surface area (Å²) >= 11 is 1.42. The maximum absolute atomic E-state index is 12.3. The Labute approximate surface area is 140 Å². The molecule has 122 valence electrons. The van der Waals surface area contributed by atoms with Gasteiger partial charge in [0, 0.05) is 31.7 Å². The van der Waals surface area contributed by atoms with Crippen molar-refractivity contribution in [2.75, 3.05) is 18.9 Å². The number of rotatable bonds is 6. The lowest BCUT2D eigenvalue weighted by molar-refractivity contribution is -0.119. The number of nitrogens with two attached hydrogens (primary N) is 1.